The number of benzene rings is 2. The van der Waals surface area contributed by atoms with E-state index in [-0.39, 0.29) is 0 Å². The fourth-order valence-corrected chi connectivity index (χ4v) is 4.11. The zero-order valence-corrected chi connectivity index (χ0v) is 26.8. The van der Waals surface area contributed by atoms with E-state index >= 15 is 0 Å². The summed E-state index contributed by atoms with van der Waals surface area (Å²) in [5.41, 5.74) is 9.09. The molecule has 8 heteroatoms. The number of aromatic nitrogens is 4. The molecular formula is C32H20Cl2N4Pt2. The zero-order valence-electron chi connectivity index (χ0n) is 20.7. The molecule has 202 valence electrons. The molecule has 6 rings (SSSR count). The average Bonchev–Trinajstić information content (AvgIpc) is 3.08. The summed E-state index contributed by atoms with van der Waals surface area (Å²) in [7, 11) is 9.22. The average molecular weight is 922 g/mol. The summed E-state index contributed by atoms with van der Waals surface area (Å²) >= 11 is 3.22. The monoisotopic (exact) mass is 920 g/mol. The van der Waals surface area contributed by atoms with E-state index < -0.39 is 0 Å². The van der Waals surface area contributed by atoms with Crippen molar-refractivity contribution in [3.8, 4) is 56.2 Å². The van der Waals surface area contributed by atoms with Crippen LogP contribution in [0, 0.1) is 12.1 Å². The number of rotatable bonds is 5. The quantitative estimate of drug-likeness (QED) is 0.163. The van der Waals surface area contributed by atoms with Crippen LogP contribution in [0.15, 0.2) is 122 Å². The summed E-state index contributed by atoms with van der Waals surface area (Å²) in [5, 5.41) is 0. The van der Waals surface area contributed by atoms with Crippen molar-refractivity contribution in [3.05, 3.63) is 134 Å². The topological polar surface area (TPSA) is 51.6 Å². The van der Waals surface area contributed by atoms with Crippen molar-refractivity contribution < 1.29 is 37.5 Å². The van der Waals surface area contributed by atoms with E-state index in [0.717, 1.165) is 56.2 Å². The SMILES string of the molecule is [Cl][Pt+].[Cl][Pt+].[c-]1c(-c2ccccn2)cc(-c2cc(-c3ccccn3)[c-]c(-c3ccccn3)c2)cc1-c1ccccn1. The molecule has 6 aromatic rings. The van der Waals surface area contributed by atoms with E-state index in [9.17, 15) is 0 Å². The molecular weight excluding hydrogens is 901 g/mol. The molecule has 0 atom stereocenters. The van der Waals surface area contributed by atoms with Crippen LogP contribution in [0.1, 0.15) is 0 Å². The fraction of sp³-hybridized carbons (Fsp3) is 0. The minimum atomic E-state index is 0.855. The maximum Gasteiger partial charge on any atom is 0.0183 e. The van der Waals surface area contributed by atoms with Gasteiger partial charge in [0.2, 0.25) is 0 Å². The maximum absolute atomic E-state index is 4.61. The van der Waals surface area contributed by atoms with Gasteiger partial charge in [0.1, 0.15) is 0 Å². The minimum Gasteiger partial charge on any atom is -0.295 e. The Balaban J connectivity index is 0.000000886. The third-order valence-electron chi connectivity index (χ3n) is 5.83. The molecule has 0 N–H and O–H groups in total. The molecule has 0 spiro atoms. The van der Waals surface area contributed by atoms with Crippen molar-refractivity contribution in [3.63, 3.8) is 0 Å². The summed E-state index contributed by atoms with van der Waals surface area (Å²) in [6.45, 7) is 0. The van der Waals surface area contributed by atoms with Crippen LogP contribution in [0.4, 0.5) is 0 Å². The van der Waals surface area contributed by atoms with Crippen LogP contribution < -0.4 is 0 Å². The first-order chi connectivity index (χ1) is 19.8. The van der Waals surface area contributed by atoms with Crippen LogP contribution >= 0.6 is 18.8 Å². The second-order valence-electron chi connectivity index (χ2n) is 8.25. The predicted octanol–water partition coefficient (Wildman–Crippen LogP) is 8.58. The number of halogens is 2. The van der Waals surface area contributed by atoms with Gasteiger partial charge >= 0.3 is 56.4 Å². The van der Waals surface area contributed by atoms with Crippen molar-refractivity contribution in [2.24, 2.45) is 0 Å². The van der Waals surface area contributed by atoms with Crippen LogP contribution in [0.25, 0.3) is 56.2 Å². The summed E-state index contributed by atoms with van der Waals surface area (Å²) in [6, 6.07) is 39.1. The van der Waals surface area contributed by atoms with Gasteiger partial charge in [-0.15, -0.1) is 36.4 Å². The Bertz CT molecular complexity index is 1380. The van der Waals surface area contributed by atoms with Gasteiger partial charge in [0.15, 0.2) is 0 Å². The van der Waals surface area contributed by atoms with Gasteiger partial charge in [-0.05, 0) is 24.3 Å². The number of hydrogen-bond acceptors (Lipinski definition) is 4. The van der Waals surface area contributed by atoms with Gasteiger partial charge in [-0.25, -0.2) is 0 Å². The predicted molar refractivity (Wildman–Crippen MR) is 154 cm³/mol. The number of nitrogens with zero attached hydrogens (tertiary/aromatic N) is 4. The number of hydrogen-bond donors (Lipinski definition) is 0. The molecule has 4 nitrogen and oxygen atoms in total. The third kappa shape index (κ3) is 7.59. The Morgan fingerprint density at radius 1 is 0.400 bits per heavy atom. The summed E-state index contributed by atoms with van der Waals surface area (Å²) in [5.74, 6) is 0. The van der Waals surface area contributed by atoms with Gasteiger partial charge in [0, 0.05) is 47.6 Å². The van der Waals surface area contributed by atoms with Crippen LogP contribution in [0.5, 0.6) is 0 Å². The molecule has 0 aliphatic rings. The van der Waals surface area contributed by atoms with Gasteiger partial charge in [-0.3, -0.25) is 19.9 Å². The molecule has 0 saturated heterocycles. The molecule has 40 heavy (non-hydrogen) atoms. The maximum atomic E-state index is 4.61. The van der Waals surface area contributed by atoms with Crippen molar-refractivity contribution in [2.45, 2.75) is 0 Å². The molecule has 4 aromatic heterocycles. The van der Waals surface area contributed by atoms with Crippen LogP contribution in [0.2, 0.25) is 0 Å². The Hall–Kier alpha value is -3.00. The van der Waals surface area contributed by atoms with Crippen LogP contribution in [-0.2, 0) is 37.5 Å². The zero-order chi connectivity index (χ0) is 28.2. The summed E-state index contributed by atoms with van der Waals surface area (Å²) < 4.78 is 0. The standard InChI is InChI=1S/C32H20N4.2ClH.2Pt/c1-5-13-33-29(9-1)25-17-23(18-26(21-25)30-10-2-6-14-34-30)24-19-27(31-11-3-7-15-35-31)22-28(20-24)32-12-4-8-16-36-32;;;;/h1-20H;2*1H;;/q-2;;;2*+2/p-2. The molecule has 0 aliphatic heterocycles. The fourth-order valence-electron chi connectivity index (χ4n) is 4.11. The first-order valence-corrected chi connectivity index (χ1v) is 17.5. The Kier molecular flexibility index (Phi) is 11.8. The largest absolute Gasteiger partial charge is 0.295 e. The van der Waals surface area contributed by atoms with Gasteiger partial charge in [-0.2, -0.15) is 0 Å². The second kappa shape index (κ2) is 15.7. The van der Waals surface area contributed by atoms with Crippen LogP contribution in [-0.4, -0.2) is 19.9 Å². The molecule has 0 aliphatic carbocycles. The molecule has 0 fully saturated rings. The van der Waals surface area contributed by atoms with Crippen molar-refractivity contribution in [1.82, 2.24) is 19.9 Å². The number of pyridine rings is 4. The molecule has 0 amide bonds. The van der Waals surface area contributed by atoms with Gasteiger partial charge < -0.3 is 0 Å². The summed E-state index contributed by atoms with van der Waals surface area (Å²) in [4.78, 5) is 18.3. The molecule has 2 aromatic carbocycles. The van der Waals surface area contributed by atoms with Crippen molar-refractivity contribution in [1.29, 1.82) is 0 Å². The third-order valence-corrected chi connectivity index (χ3v) is 5.83. The second-order valence-corrected chi connectivity index (χ2v) is 8.25. The Morgan fingerprint density at radius 2 is 0.650 bits per heavy atom. The molecule has 0 unspecified atom stereocenters. The Morgan fingerprint density at radius 3 is 0.850 bits per heavy atom. The van der Waals surface area contributed by atoms with Gasteiger partial charge in [-0.1, -0.05) is 81.9 Å². The summed E-state index contributed by atoms with van der Waals surface area (Å²) in [6.07, 6.45) is 7.19. The normalized spacial score (nSPS) is 10.1. The first-order valence-electron chi connectivity index (χ1n) is 11.9. The van der Waals surface area contributed by atoms with Crippen molar-refractivity contribution in [2.75, 3.05) is 0 Å². The van der Waals surface area contributed by atoms with Crippen LogP contribution in [0.3, 0.4) is 0 Å². The van der Waals surface area contributed by atoms with E-state index in [1.54, 1.807) is 62.3 Å². The Labute approximate surface area is 264 Å². The van der Waals surface area contributed by atoms with E-state index in [4.69, 9.17) is 0 Å². The molecule has 0 saturated carbocycles. The molecule has 0 bridgehead atoms. The van der Waals surface area contributed by atoms with E-state index in [0.29, 0.717) is 0 Å². The van der Waals surface area contributed by atoms with E-state index in [2.05, 4.69) is 75.2 Å². The smallest absolute Gasteiger partial charge is 0.0183 e. The van der Waals surface area contributed by atoms with Gasteiger partial charge in [0.25, 0.3) is 0 Å². The molecule has 0 radical (unpaired) electrons. The van der Waals surface area contributed by atoms with E-state index in [1.165, 1.54) is 0 Å². The minimum absolute atomic E-state index is 0.855. The molecule has 4 heterocycles. The van der Waals surface area contributed by atoms with E-state index in [1.807, 2.05) is 72.8 Å². The van der Waals surface area contributed by atoms with Gasteiger partial charge in [0.05, 0.1) is 0 Å². The first kappa shape index (κ1) is 30.0. The van der Waals surface area contributed by atoms with Crippen molar-refractivity contribution >= 4 is 18.8 Å².